The van der Waals surface area contributed by atoms with Gasteiger partial charge in [0.2, 0.25) is 0 Å². The van der Waals surface area contributed by atoms with E-state index in [0.717, 1.165) is 43.7 Å². The van der Waals surface area contributed by atoms with Gasteiger partial charge in [-0.15, -0.1) is 0 Å². The minimum absolute atomic E-state index is 0.0427. The average Bonchev–Trinajstić information content (AvgIpc) is 2.90. The van der Waals surface area contributed by atoms with Gasteiger partial charge in [0.1, 0.15) is 28.8 Å². The minimum atomic E-state index is -5.20. The maximum Gasteiger partial charge on any atom is 0.422 e. The fraction of sp³-hybridized carbons (Fsp3) is 0.438. The van der Waals surface area contributed by atoms with Gasteiger partial charge in [0, 0.05) is 11.1 Å². The van der Waals surface area contributed by atoms with Crippen molar-refractivity contribution in [2.75, 3.05) is 0 Å². The lowest BCUT2D eigenvalue weighted by molar-refractivity contribution is -0.142. The van der Waals surface area contributed by atoms with Gasteiger partial charge in [-0.1, -0.05) is 76.5 Å². The summed E-state index contributed by atoms with van der Waals surface area (Å²) in [4.78, 5) is 0. The molecule has 4 rings (SSSR count). The van der Waals surface area contributed by atoms with E-state index in [1.807, 2.05) is 0 Å². The monoisotopic (exact) mass is 566 g/mol. The third kappa shape index (κ3) is 7.18. The van der Waals surface area contributed by atoms with Crippen LogP contribution in [0.3, 0.4) is 0 Å². The van der Waals surface area contributed by atoms with E-state index in [9.17, 15) is 26.3 Å². The Bertz CT molecular complexity index is 1270. The number of hydrogen-bond donors (Lipinski definition) is 0. The maximum atomic E-state index is 15.4. The summed E-state index contributed by atoms with van der Waals surface area (Å²) in [5.41, 5.74) is -2.25. The first kappa shape index (κ1) is 29.9. The van der Waals surface area contributed by atoms with Crippen molar-refractivity contribution in [1.82, 2.24) is 0 Å². The van der Waals surface area contributed by atoms with Gasteiger partial charge >= 0.3 is 6.18 Å². The lowest BCUT2D eigenvalue weighted by Crippen LogP contribution is -2.15. The quantitative estimate of drug-likeness (QED) is 0.175. The molecule has 40 heavy (non-hydrogen) atoms. The summed E-state index contributed by atoms with van der Waals surface area (Å²) in [6, 6.07) is 9.15. The number of alkyl halides is 3. The van der Waals surface area contributed by atoms with Gasteiger partial charge in [-0.25, -0.2) is 17.6 Å². The minimum Gasteiger partial charge on any atom is -0.454 e. The second kappa shape index (κ2) is 13.1. The predicted octanol–water partition coefficient (Wildman–Crippen LogP) is 11.0. The van der Waals surface area contributed by atoms with Crippen LogP contribution in [0.4, 0.5) is 30.7 Å². The van der Waals surface area contributed by atoms with Crippen LogP contribution < -0.4 is 4.74 Å². The molecule has 1 aliphatic rings. The standard InChI is InChI=1S/C32H33F7O/c1-2-3-4-7-20-10-12-21(13-11-20)14-15-24-25(33)16-17-29(31(24)36)40-28-9-6-5-8-23(28)22-18-26(34)30(27(35)19-22)32(37,38)39/h5-6,8-9,16-21H,2-4,7,10-15H2,1H3. The number of benzene rings is 3. The Morgan fingerprint density at radius 2 is 1.38 bits per heavy atom. The highest BCUT2D eigenvalue weighted by molar-refractivity contribution is 5.71. The molecule has 0 bridgehead atoms. The Kier molecular flexibility index (Phi) is 9.80. The summed E-state index contributed by atoms with van der Waals surface area (Å²) in [5.74, 6) is -4.29. The summed E-state index contributed by atoms with van der Waals surface area (Å²) in [6.07, 6.45) is 4.98. The molecule has 216 valence electrons. The number of unbranched alkanes of at least 4 members (excludes halogenated alkanes) is 2. The summed E-state index contributed by atoms with van der Waals surface area (Å²) >= 11 is 0. The van der Waals surface area contributed by atoms with E-state index < -0.39 is 35.0 Å². The summed E-state index contributed by atoms with van der Waals surface area (Å²) in [5, 5.41) is 0. The highest BCUT2D eigenvalue weighted by Gasteiger charge is 2.38. The van der Waals surface area contributed by atoms with E-state index in [1.54, 1.807) is 0 Å². The predicted molar refractivity (Wildman–Crippen MR) is 141 cm³/mol. The van der Waals surface area contributed by atoms with Crippen LogP contribution in [0.15, 0.2) is 48.5 Å². The van der Waals surface area contributed by atoms with Crippen LogP contribution in [0, 0.1) is 35.1 Å². The van der Waals surface area contributed by atoms with Gasteiger partial charge in [-0.05, 0) is 60.6 Å². The lowest BCUT2D eigenvalue weighted by Gasteiger charge is -2.28. The van der Waals surface area contributed by atoms with Crippen LogP contribution >= 0.6 is 0 Å². The average molecular weight is 567 g/mol. The van der Waals surface area contributed by atoms with Crippen molar-refractivity contribution in [3.05, 3.63) is 82.9 Å². The second-order valence-corrected chi connectivity index (χ2v) is 10.7. The van der Waals surface area contributed by atoms with Crippen LogP contribution in [0.25, 0.3) is 11.1 Å². The first-order valence-electron chi connectivity index (χ1n) is 13.9. The number of ether oxygens (including phenoxy) is 1. The van der Waals surface area contributed by atoms with Gasteiger partial charge in [-0.3, -0.25) is 0 Å². The lowest BCUT2D eigenvalue weighted by atomic mass is 9.77. The molecule has 0 aromatic heterocycles. The SMILES string of the molecule is CCCCCC1CCC(CCc2c(F)ccc(Oc3ccccc3-c3cc(F)c(C(F)(F)F)c(F)c3)c2F)CC1. The number of rotatable bonds is 10. The Morgan fingerprint density at radius 1 is 0.750 bits per heavy atom. The van der Waals surface area contributed by atoms with Gasteiger partial charge in [0.15, 0.2) is 11.6 Å². The zero-order valence-corrected chi connectivity index (χ0v) is 22.4. The third-order valence-corrected chi connectivity index (χ3v) is 7.88. The summed E-state index contributed by atoms with van der Waals surface area (Å²) < 4.78 is 103. The Labute approximate surface area is 230 Å². The molecule has 3 aromatic rings. The maximum absolute atomic E-state index is 15.4. The van der Waals surface area contributed by atoms with E-state index in [1.165, 1.54) is 49.9 Å². The van der Waals surface area contributed by atoms with Gasteiger partial charge < -0.3 is 4.74 Å². The fourth-order valence-electron chi connectivity index (χ4n) is 5.64. The molecule has 0 N–H and O–H groups in total. The van der Waals surface area contributed by atoms with E-state index in [4.69, 9.17) is 4.74 Å². The van der Waals surface area contributed by atoms with Gasteiger partial charge in [0.05, 0.1) is 0 Å². The van der Waals surface area contributed by atoms with Crippen molar-refractivity contribution < 1.29 is 35.5 Å². The van der Waals surface area contributed by atoms with Crippen molar-refractivity contribution >= 4 is 0 Å². The summed E-state index contributed by atoms with van der Waals surface area (Å²) in [7, 11) is 0. The molecule has 8 heteroatoms. The van der Waals surface area contributed by atoms with E-state index in [-0.39, 0.29) is 34.6 Å². The van der Waals surface area contributed by atoms with E-state index in [2.05, 4.69) is 6.92 Å². The Hall–Kier alpha value is -3.03. The first-order valence-corrected chi connectivity index (χ1v) is 13.9. The van der Waals surface area contributed by atoms with Crippen molar-refractivity contribution in [3.8, 4) is 22.6 Å². The molecule has 1 aliphatic carbocycles. The second-order valence-electron chi connectivity index (χ2n) is 10.7. The normalized spacial score (nSPS) is 17.7. The van der Waals surface area contributed by atoms with E-state index in [0.29, 0.717) is 24.5 Å². The number of para-hydroxylation sites is 1. The fourth-order valence-corrected chi connectivity index (χ4v) is 5.64. The van der Waals surface area contributed by atoms with Crippen LogP contribution in [-0.4, -0.2) is 0 Å². The number of hydrogen-bond acceptors (Lipinski definition) is 1. The molecule has 3 aromatic carbocycles. The van der Waals surface area contributed by atoms with E-state index >= 15 is 4.39 Å². The van der Waals surface area contributed by atoms with Crippen molar-refractivity contribution in [3.63, 3.8) is 0 Å². The zero-order chi connectivity index (χ0) is 28.9. The third-order valence-electron chi connectivity index (χ3n) is 7.88. The van der Waals surface area contributed by atoms with Gasteiger partial charge in [0.25, 0.3) is 0 Å². The largest absolute Gasteiger partial charge is 0.454 e. The smallest absolute Gasteiger partial charge is 0.422 e. The molecule has 1 saturated carbocycles. The molecule has 1 fully saturated rings. The van der Waals surface area contributed by atoms with Crippen molar-refractivity contribution in [1.29, 1.82) is 0 Å². The van der Waals surface area contributed by atoms with Crippen molar-refractivity contribution in [2.24, 2.45) is 11.8 Å². The number of halogens is 7. The summed E-state index contributed by atoms with van der Waals surface area (Å²) in [6.45, 7) is 2.19. The topological polar surface area (TPSA) is 9.23 Å². The molecule has 0 heterocycles. The highest BCUT2D eigenvalue weighted by Crippen LogP contribution is 2.40. The molecular weight excluding hydrogens is 533 g/mol. The molecular formula is C32H33F7O. The van der Waals surface area contributed by atoms with Crippen LogP contribution in [0.5, 0.6) is 11.5 Å². The molecule has 0 spiro atoms. The van der Waals surface area contributed by atoms with Crippen LogP contribution in [0.2, 0.25) is 0 Å². The molecule has 0 radical (unpaired) electrons. The van der Waals surface area contributed by atoms with Crippen LogP contribution in [-0.2, 0) is 12.6 Å². The molecule has 0 atom stereocenters. The molecule has 0 aliphatic heterocycles. The molecule has 1 nitrogen and oxygen atoms in total. The molecule has 0 unspecified atom stereocenters. The Morgan fingerprint density at radius 3 is 2.00 bits per heavy atom. The highest BCUT2D eigenvalue weighted by atomic mass is 19.4. The van der Waals surface area contributed by atoms with Crippen molar-refractivity contribution in [2.45, 2.75) is 77.3 Å². The molecule has 0 amide bonds. The zero-order valence-electron chi connectivity index (χ0n) is 22.4. The Balaban J connectivity index is 1.49. The van der Waals surface area contributed by atoms with Crippen LogP contribution in [0.1, 0.15) is 75.8 Å². The van der Waals surface area contributed by atoms with Gasteiger partial charge in [-0.2, -0.15) is 13.2 Å². The first-order chi connectivity index (χ1) is 19.1. The molecule has 0 saturated heterocycles.